The molecule has 2 N–H and O–H groups in total. The lowest BCUT2D eigenvalue weighted by atomic mass is 9.97. The van der Waals surface area contributed by atoms with E-state index >= 15 is 0 Å². The Labute approximate surface area is 211 Å². The van der Waals surface area contributed by atoms with E-state index in [4.69, 9.17) is 26.7 Å². The molecule has 1 heterocycles. The number of aliphatic hydroxyl groups excluding tert-OH is 2. The lowest BCUT2D eigenvalue weighted by Crippen LogP contribution is -2.54. The molecule has 1 aliphatic rings. The van der Waals surface area contributed by atoms with Gasteiger partial charge in [0.05, 0.1) is 30.4 Å². The van der Waals surface area contributed by atoms with Crippen LogP contribution in [0.25, 0.3) is 0 Å². The van der Waals surface area contributed by atoms with E-state index in [0.717, 1.165) is 35.7 Å². The first kappa shape index (κ1) is 25.0. The van der Waals surface area contributed by atoms with Gasteiger partial charge in [-0.3, -0.25) is 4.90 Å². The Morgan fingerprint density at radius 1 is 1.03 bits per heavy atom. The van der Waals surface area contributed by atoms with E-state index in [0.29, 0.717) is 17.1 Å². The zero-order chi connectivity index (χ0) is 24.8. The molecule has 1 saturated heterocycles. The van der Waals surface area contributed by atoms with Gasteiger partial charge in [0.15, 0.2) is 0 Å². The zero-order valence-electron chi connectivity index (χ0n) is 19.7. The molecule has 4 rings (SSSR count). The van der Waals surface area contributed by atoms with Crippen molar-refractivity contribution in [2.45, 2.75) is 25.1 Å². The van der Waals surface area contributed by atoms with Crippen molar-refractivity contribution in [3.8, 4) is 11.8 Å². The van der Waals surface area contributed by atoms with Crippen LogP contribution in [0.5, 0.6) is 5.75 Å². The number of anilines is 1. The van der Waals surface area contributed by atoms with Crippen LogP contribution in [0.4, 0.5) is 5.69 Å². The van der Waals surface area contributed by atoms with E-state index in [1.165, 1.54) is 0 Å². The van der Waals surface area contributed by atoms with Gasteiger partial charge in [-0.25, -0.2) is 0 Å². The Morgan fingerprint density at radius 3 is 2.34 bits per heavy atom. The van der Waals surface area contributed by atoms with Crippen LogP contribution in [-0.2, 0) is 0 Å². The third-order valence-electron chi connectivity index (χ3n) is 6.48. The van der Waals surface area contributed by atoms with Gasteiger partial charge in [-0.1, -0.05) is 35.9 Å². The molecule has 3 aromatic carbocycles. The molecule has 6 nitrogen and oxygen atoms in total. The van der Waals surface area contributed by atoms with Crippen molar-refractivity contribution in [2.75, 3.05) is 37.7 Å². The molecule has 0 aliphatic carbocycles. The largest absolute Gasteiger partial charge is 0.491 e. The topological polar surface area (TPSA) is 80.0 Å². The first-order valence-electron chi connectivity index (χ1n) is 11.8. The highest BCUT2D eigenvalue weighted by Gasteiger charge is 2.33. The van der Waals surface area contributed by atoms with Gasteiger partial charge in [-0.15, -0.1) is 0 Å². The lowest BCUT2D eigenvalue weighted by Gasteiger charge is -2.47. The predicted octanol–water partition coefficient (Wildman–Crippen LogP) is 4.57. The van der Waals surface area contributed by atoms with E-state index in [-0.39, 0.29) is 25.3 Å². The van der Waals surface area contributed by atoms with Crippen molar-refractivity contribution < 1.29 is 14.9 Å². The summed E-state index contributed by atoms with van der Waals surface area (Å²) >= 11 is 6.16. The van der Waals surface area contributed by atoms with Gasteiger partial charge in [0.25, 0.3) is 0 Å². The second-order valence-electron chi connectivity index (χ2n) is 8.84. The molecule has 0 amide bonds. The van der Waals surface area contributed by atoms with Crippen LogP contribution in [0.3, 0.4) is 0 Å². The molecule has 7 heteroatoms. The van der Waals surface area contributed by atoms with Crippen molar-refractivity contribution in [3.63, 3.8) is 0 Å². The fraction of sp³-hybridized carbons (Fsp3) is 0.321. The number of ether oxygens (including phenoxy) is 1. The third kappa shape index (κ3) is 6.14. The predicted molar refractivity (Wildman–Crippen MR) is 138 cm³/mol. The van der Waals surface area contributed by atoms with Crippen LogP contribution >= 0.6 is 11.6 Å². The van der Waals surface area contributed by atoms with Gasteiger partial charge in [-0.2, -0.15) is 5.26 Å². The summed E-state index contributed by atoms with van der Waals surface area (Å²) in [4.78, 5) is 4.70. The number of rotatable bonds is 8. The Morgan fingerprint density at radius 2 is 1.71 bits per heavy atom. The molecule has 3 aromatic rings. The number of nitriles is 1. The zero-order valence-corrected chi connectivity index (χ0v) is 20.5. The van der Waals surface area contributed by atoms with Gasteiger partial charge in [0.2, 0.25) is 0 Å². The maximum absolute atomic E-state index is 10.9. The smallest absolute Gasteiger partial charge is 0.119 e. The van der Waals surface area contributed by atoms with Gasteiger partial charge in [0, 0.05) is 36.4 Å². The van der Waals surface area contributed by atoms with Gasteiger partial charge in [0.1, 0.15) is 12.4 Å². The van der Waals surface area contributed by atoms with Crippen LogP contribution in [0.1, 0.15) is 35.8 Å². The van der Waals surface area contributed by atoms with Crippen LogP contribution in [-0.4, -0.2) is 54.0 Å². The second-order valence-corrected chi connectivity index (χ2v) is 9.27. The average molecular weight is 492 g/mol. The summed E-state index contributed by atoms with van der Waals surface area (Å²) in [5.74, 6) is 0.725. The molecule has 35 heavy (non-hydrogen) atoms. The molecule has 0 spiro atoms. The number of benzene rings is 3. The number of hydrogen-bond acceptors (Lipinski definition) is 6. The molecule has 1 aliphatic heterocycles. The minimum absolute atomic E-state index is 0.0197. The van der Waals surface area contributed by atoms with Crippen LogP contribution < -0.4 is 9.64 Å². The SMILES string of the molecule is C[C@@H]1CN(c2ccc(OCCO)cc2)[C@H](c2ccc(Cl)cc2)CN1C[C@@H](O)c1ccc(C#N)cc1. The number of aliphatic hydroxyl groups is 2. The Hall–Kier alpha value is -3.08. The summed E-state index contributed by atoms with van der Waals surface area (Å²) in [5, 5.41) is 29.7. The normalized spacial score (nSPS) is 19.2. The number of nitrogens with zero attached hydrogens (tertiary/aromatic N) is 3. The quantitative estimate of drug-likeness (QED) is 0.480. The molecule has 0 unspecified atom stereocenters. The standard InChI is InChI=1S/C28H30ClN3O3/c1-20-17-32(25-10-12-26(13-11-25)35-15-14-33)27(22-6-8-24(29)9-7-22)18-31(20)19-28(34)23-4-2-21(16-30)3-5-23/h2-13,20,27-28,33-34H,14-15,17-19H2,1H3/t20-,27+,28-/m1/s1. The van der Waals surface area contributed by atoms with Gasteiger partial charge >= 0.3 is 0 Å². The number of halogens is 1. The molecule has 1 fully saturated rings. The van der Waals surface area contributed by atoms with Crippen molar-refractivity contribution in [3.05, 3.63) is 94.5 Å². The first-order valence-corrected chi connectivity index (χ1v) is 12.1. The van der Waals surface area contributed by atoms with Crippen molar-refractivity contribution in [1.82, 2.24) is 4.90 Å². The van der Waals surface area contributed by atoms with E-state index in [1.807, 2.05) is 48.5 Å². The van der Waals surface area contributed by atoms with Gasteiger partial charge < -0.3 is 19.8 Å². The summed E-state index contributed by atoms with van der Waals surface area (Å²) in [6.07, 6.45) is -0.648. The lowest BCUT2D eigenvalue weighted by molar-refractivity contribution is 0.0740. The molecule has 3 atom stereocenters. The Kier molecular flexibility index (Phi) is 8.27. The fourth-order valence-corrected chi connectivity index (χ4v) is 4.67. The number of hydrogen-bond donors (Lipinski definition) is 2. The van der Waals surface area contributed by atoms with Crippen LogP contribution in [0.15, 0.2) is 72.8 Å². The minimum Gasteiger partial charge on any atom is -0.491 e. The second kappa shape index (κ2) is 11.6. The highest BCUT2D eigenvalue weighted by molar-refractivity contribution is 6.30. The number of piperazine rings is 1. The summed E-state index contributed by atoms with van der Waals surface area (Å²) in [5.41, 5.74) is 3.62. The Balaban J connectivity index is 1.56. The summed E-state index contributed by atoms with van der Waals surface area (Å²) in [7, 11) is 0. The highest BCUT2D eigenvalue weighted by Crippen LogP contribution is 2.35. The summed E-state index contributed by atoms with van der Waals surface area (Å²) in [6, 6.07) is 25.4. The third-order valence-corrected chi connectivity index (χ3v) is 6.74. The maximum atomic E-state index is 10.9. The van der Waals surface area contributed by atoms with E-state index in [2.05, 4.69) is 34.9 Å². The molecule has 0 radical (unpaired) electrons. The van der Waals surface area contributed by atoms with E-state index in [9.17, 15) is 5.11 Å². The van der Waals surface area contributed by atoms with Crippen molar-refractivity contribution in [2.24, 2.45) is 0 Å². The number of β-amino-alcohol motifs (C(OH)–C–C–N with tert-alkyl or cyclic N) is 1. The van der Waals surface area contributed by atoms with Crippen molar-refractivity contribution in [1.29, 1.82) is 5.26 Å². The highest BCUT2D eigenvalue weighted by atomic mass is 35.5. The fourth-order valence-electron chi connectivity index (χ4n) is 4.54. The minimum atomic E-state index is -0.648. The molecule has 0 bridgehead atoms. The molecular formula is C28H30ClN3O3. The average Bonchev–Trinajstić information content (AvgIpc) is 2.89. The first-order chi connectivity index (χ1) is 17.0. The summed E-state index contributed by atoms with van der Waals surface area (Å²) < 4.78 is 5.52. The van der Waals surface area contributed by atoms with Crippen LogP contribution in [0, 0.1) is 11.3 Å². The van der Waals surface area contributed by atoms with Gasteiger partial charge in [-0.05, 0) is 66.6 Å². The molecule has 0 aromatic heterocycles. The maximum Gasteiger partial charge on any atom is 0.119 e. The van der Waals surface area contributed by atoms with E-state index < -0.39 is 6.10 Å². The van der Waals surface area contributed by atoms with Crippen LogP contribution in [0.2, 0.25) is 5.02 Å². The Bertz CT molecular complexity index is 1130. The van der Waals surface area contributed by atoms with E-state index in [1.54, 1.807) is 12.1 Å². The van der Waals surface area contributed by atoms with Crippen molar-refractivity contribution >= 4 is 17.3 Å². The molecule has 0 saturated carbocycles. The molecule has 182 valence electrons. The molecular weight excluding hydrogens is 462 g/mol. The summed E-state index contributed by atoms with van der Waals surface area (Å²) in [6.45, 7) is 4.44. The monoisotopic (exact) mass is 491 g/mol.